The molecule has 0 aromatic carbocycles. The molecule has 4 heterocycles. The van der Waals surface area contributed by atoms with Gasteiger partial charge in [0.05, 0.1) is 12.7 Å². The van der Waals surface area contributed by atoms with Gasteiger partial charge in [-0.1, -0.05) is 0 Å². The van der Waals surface area contributed by atoms with Crippen LogP contribution in [0.1, 0.15) is 0 Å². The van der Waals surface area contributed by atoms with Crippen LogP contribution in [0.25, 0.3) is 22.3 Å². The predicted molar refractivity (Wildman–Crippen MR) is 79.9 cm³/mol. The number of nitrogens with one attached hydrogen (secondary N) is 4. The van der Waals surface area contributed by atoms with Crippen LogP contribution < -0.4 is 11.1 Å². The second kappa shape index (κ2) is 5.95. The van der Waals surface area contributed by atoms with Crippen LogP contribution in [0.4, 0.5) is 11.9 Å². The molecule has 14 heteroatoms. The summed E-state index contributed by atoms with van der Waals surface area (Å²) >= 11 is 0. The number of imidazole rings is 2. The number of H-pyrrole nitrogens is 4. The topological polar surface area (TPSA) is 208 Å². The van der Waals surface area contributed by atoms with Crippen LogP contribution in [-0.4, -0.2) is 39.9 Å². The lowest BCUT2D eigenvalue weighted by Crippen LogP contribution is -2.06. The molecule has 0 bridgehead atoms. The summed E-state index contributed by atoms with van der Waals surface area (Å²) in [6, 6.07) is 0. The molecule has 120 valence electrons. The number of hydrogen-bond acceptors (Lipinski definition) is 10. The number of nitroso groups, excluding NO2 is 2. The van der Waals surface area contributed by atoms with Gasteiger partial charge in [-0.3, -0.25) is 19.6 Å². The Balaban J connectivity index is 0.000000141. The molecule has 0 spiro atoms. The molecule has 0 aliphatic rings. The number of hydrogen-bond donors (Lipinski definition) is 4. The molecule has 0 saturated carbocycles. The lowest BCUT2D eigenvalue weighted by atomic mass is 10.5. The van der Waals surface area contributed by atoms with Crippen LogP contribution in [0.5, 0.6) is 0 Å². The van der Waals surface area contributed by atoms with Crippen molar-refractivity contribution in [3.05, 3.63) is 43.2 Å². The van der Waals surface area contributed by atoms with Gasteiger partial charge in [0.1, 0.15) is 0 Å². The summed E-state index contributed by atoms with van der Waals surface area (Å²) in [5.41, 5.74) is -0.0503. The van der Waals surface area contributed by atoms with E-state index in [0.717, 1.165) is 0 Å². The second-order valence-electron chi connectivity index (χ2n) is 4.16. The summed E-state index contributed by atoms with van der Waals surface area (Å²) in [5, 5.41) is 4.98. The molecule has 0 saturated heterocycles. The maximum absolute atomic E-state index is 11.1. The van der Waals surface area contributed by atoms with Crippen molar-refractivity contribution in [1.82, 2.24) is 39.9 Å². The zero-order chi connectivity index (χ0) is 17.1. The van der Waals surface area contributed by atoms with Gasteiger partial charge < -0.3 is 9.97 Å². The van der Waals surface area contributed by atoms with Gasteiger partial charge in [0, 0.05) is 10.4 Å². The molecule has 0 atom stereocenters. The van der Waals surface area contributed by atoms with Gasteiger partial charge >= 0.3 is 0 Å². The third kappa shape index (κ3) is 2.65. The average molecular weight is 330 g/mol. The molecule has 4 rings (SSSR count). The largest absolute Gasteiger partial charge is 0.339 e. The van der Waals surface area contributed by atoms with Gasteiger partial charge in [-0.15, -0.1) is 9.81 Å². The van der Waals surface area contributed by atoms with Crippen LogP contribution in [0.2, 0.25) is 0 Å². The molecule has 0 amide bonds. The predicted octanol–water partition coefficient (Wildman–Crippen LogP) is 0.0882. The molecular formula is C10H6N10O4. The molecule has 0 fully saturated rings. The normalized spacial score (nSPS) is 10.3. The highest BCUT2D eigenvalue weighted by Crippen LogP contribution is 2.05. The highest BCUT2D eigenvalue weighted by atomic mass is 16.3. The van der Waals surface area contributed by atoms with E-state index in [1.54, 1.807) is 0 Å². The minimum absolute atomic E-state index is 0.188. The Bertz CT molecular complexity index is 1060. The van der Waals surface area contributed by atoms with Crippen LogP contribution >= 0.6 is 0 Å². The lowest BCUT2D eigenvalue weighted by molar-refractivity contribution is 1.12. The van der Waals surface area contributed by atoms with E-state index in [-0.39, 0.29) is 34.2 Å². The molecular weight excluding hydrogens is 324 g/mol. The first-order valence-corrected chi connectivity index (χ1v) is 6.16. The monoisotopic (exact) mass is 330 g/mol. The van der Waals surface area contributed by atoms with Crippen LogP contribution in [0.3, 0.4) is 0 Å². The summed E-state index contributed by atoms with van der Waals surface area (Å²) in [6.07, 6.45) is 2.64. The highest BCUT2D eigenvalue weighted by molar-refractivity contribution is 5.69. The number of aromatic amines is 4. The van der Waals surface area contributed by atoms with Crippen LogP contribution in [0.15, 0.2) is 32.6 Å². The third-order valence-corrected chi connectivity index (χ3v) is 2.74. The number of rotatable bonds is 2. The van der Waals surface area contributed by atoms with Crippen molar-refractivity contribution in [3.8, 4) is 0 Å². The van der Waals surface area contributed by atoms with E-state index in [9.17, 15) is 19.4 Å². The van der Waals surface area contributed by atoms with Gasteiger partial charge in [-0.2, -0.15) is 9.97 Å². The van der Waals surface area contributed by atoms with Gasteiger partial charge in [-0.05, 0) is 0 Å². The molecule has 24 heavy (non-hydrogen) atoms. The molecule has 0 radical (unpaired) electrons. The molecule has 14 nitrogen and oxygen atoms in total. The maximum Gasteiger partial charge on any atom is 0.278 e. The Kier molecular flexibility index (Phi) is 3.68. The van der Waals surface area contributed by atoms with Crippen molar-refractivity contribution in [2.75, 3.05) is 0 Å². The third-order valence-electron chi connectivity index (χ3n) is 2.74. The molecule has 0 aliphatic heterocycles. The number of nitrogens with zero attached hydrogens (tertiary/aromatic N) is 6. The zero-order valence-electron chi connectivity index (χ0n) is 11.5. The average Bonchev–Trinajstić information content (AvgIpc) is 3.24. The van der Waals surface area contributed by atoms with Crippen molar-refractivity contribution in [3.63, 3.8) is 0 Å². The van der Waals surface area contributed by atoms with Gasteiger partial charge in [0.25, 0.3) is 23.0 Å². The Hall–Kier alpha value is -4.10. The van der Waals surface area contributed by atoms with Crippen molar-refractivity contribution in [2.24, 2.45) is 10.4 Å². The first-order valence-electron chi connectivity index (χ1n) is 6.16. The van der Waals surface area contributed by atoms with E-state index in [4.69, 9.17) is 0 Å². The molecule has 4 aromatic rings. The summed E-state index contributed by atoms with van der Waals surface area (Å²) in [6.45, 7) is 0. The van der Waals surface area contributed by atoms with Crippen LogP contribution in [-0.2, 0) is 0 Å². The van der Waals surface area contributed by atoms with E-state index in [2.05, 4.69) is 50.2 Å². The quantitative estimate of drug-likeness (QED) is 0.369. The number of aromatic nitrogens is 8. The zero-order valence-corrected chi connectivity index (χ0v) is 11.5. The van der Waals surface area contributed by atoms with Crippen molar-refractivity contribution in [2.45, 2.75) is 0 Å². The second-order valence-corrected chi connectivity index (χ2v) is 4.16. The Morgan fingerprint density at radius 2 is 1.17 bits per heavy atom. The van der Waals surface area contributed by atoms with E-state index < -0.39 is 11.1 Å². The lowest BCUT2D eigenvalue weighted by Gasteiger charge is -1.87. The van der Waals surface area contributed by atoms with E-state index in [0.29, 0.717) is 0 Å². The summed E-state index contributed by atoms with van der Waals surface area (Å²) in [5.74, 6) is -0.529. The Morgan fingerprint density at radius 3 is 1.54 bits per heavy atom. The van der Waals surface area contributed by atoms with Gasteiger partial charge in [0.2, 0.25) is 0 Å². The first kappa shape index (κ1) is 14.8. The Morgan fingerprint density at radius 1 is 0.750 bits per heavy atom. The first-order chi connectivity index (χ1) is 11.6. The van der Waals surface area contributed by atoms with E-state index >= 15 is 0 Å². The maximum atomic E-state index is 11.1. The summed E-state index contributed by atoms with van der Waals surface area (Å²) < 4.78 is 0. The highest BCUT2D eigenvalue weighted by Gasteiger charge is 2.05. The van der Waals surface area contributed by atoms with E-state index in [1.807, 2.05) is 0 Å². The fraction of sp³-hybridized carbons (Fsp3) is 0. The fourth-order valence-electron chi connectivity index (χ4n) is 1.75. The van der Waals surface area contributed by atoms with Gasteiger partial charge in [-0.25, -0.2) is 9.97 Å². The van der Waals surface area contributed by atoms with Crippen LogP contribution in [0, 0.1) is 9.81 Å². The molecule has 0 aliphatic carbocycles. The van der Waals surface area contributed by atoms with E-state index in [1.165, 1.54) is 12.7 Å². The summed E-state index contributed by atoms with van der Waals surface area (Å²) in [4.78, 5) is 66.3. The van der Waals surface area contributed by atoms with Gasteiger partial charge in [0.15, 0.2) is 22.3 Å². The summed E-state index contributed by atoms with van der Waals surface area (Å²) in [7, 11) is 0. The SMILES string of the molecule is O=Nc1nc2nc[nH]c2c(=O)[nH]1.O=Nc1nc2nc[nH]c2c(=O)[nH]1. The number of fused-ring (bicyclic) bond motifs is 2. The smallest absolute Gasteiger partial charge is 0.278 e. The minimum Gasteiger partial charge on any atom is -0.339 e. The Labute approximate surface area is 128 Å². The molecule has 4 aromatic heterocycles. The fourth-order valence-corrected chi connectivity index (χ4v) is 1.75. The van der Waals surface area contributed by atoms with Crippen molar-refractivity contribution >= 4 is 34.2 Å². The molecule has 0 unspecified atom stereocenters. The van der Waals surface area contributed by atoms with Crippen molar-refractivity contribution in [1.29, 1.82) is 0 Å². The molecule has 4 N–H and O–H groups in total. The standard InChI is InChI=1S/2C5H3N5O2/c2*11-4-2-3(7-1-6-2)8-5(9-4)10-12/h2*1H,(H2,6,7,8,9,11). The minimum atomic E-state index is -0.452. The van der Waals surface area contributed by atoms with Crippen molar-refractivity contribution < 1.29 is 0 Å².